The quantitative estimate of drug-likeness (QED) is 0.371. The van der Waals surface area contributed by atoms with Gasteiger partial charge < -0.3 is 15.2 Å². The van der Waals surface area contributed by atoms with Gasteiger partial charge in [0, 0.05) is 30.2 Å². The number of para-hydroxylation sites is 1. The maximum atomic E-state index is 4.80. The molecule has 1 aliphatic rings. The summed E-state index contributed by atoms with van der Waals surface area (Å²) in [4.78, 5) is 8.94. The summed E-state index contributed by atoms with van der Waals surface area (Å²) in [5.74, 6) is 2.15. The number of hydrogen-bond donors (Lipinski definition) is 2. The zero-order valence-electron chi connectivity index (χ0n) is 15.4. The van der Waals surface area contributed by atoms with Gasteiger partial charge in [-0.25, -0.2) is 9.98 Å². The van der Waals surface area contributed by atoms with Crippen molar-refractivity contribution < 1.29 is 0 Å². The van der Waals surface area contributed by atoms with Gasteiger partial charge in [-0.05, 0) is 44.1 Å². The number of guanidine groups is 1. The highest BCUT2D eigenvalue weighted by atomic mass is 127. The molecule has 0 spiro atoms. The van der Waals surface area contributed by atoms with Gasteiger partial charge in [-0.3, -0.25) is 0 Å². The minimum atomic E-state index is 0. The van der Waals surface area contributed by atoms with Crippen LogP contribution in [-0.2, 0) is 6.54 Å². The molecule has 7 heteroatoms. The molecule has 0 aliphatic carbocycles. The molecule has 1 saturated heterocycles. The molecule has 26 heavy (non-hydrogen) atoms. The molecule has 0 bridgehead atoms. The number of rotatable bonds is 6. The van der Waals surface area contributed by atoms with Crippen molar-refractivity contribution in [3.63, 3.8) is 0 Å². The van der Waals surface area contributed by atoms with Gasteiger partial charge >= 0.3 is 0 Å². The van der Waals surface area contributed by atoms with E-state index in [-0.39, 0.29) is 24.0 Å². The normalized spacial score (nSPS) is 19.8. The second-order valence-electron chi connectivity index (χ2n) is 6.55. The van der Waals surface area contributed by atoms with E-state index in [1.165, 1.54) is 24.2 Å². The summed E-state index contributed by atoms with van der Waals surface area (Å²) in [6.45, 7) is 6.89. The smallest absolute Gasteiger partial charge is 0.191 e. The van der Waals surface area contributed by atoms with Gasteiger partial charge in [-0.2, -0.15) is 11.8 Å². The summed E-state index contributed by atoms with van der Waals surface area (Å²) in [7, 11) is 0. The number of aliphatic imine (C=N–C) groups is 1. The summed E-state index contributed by atoms with van der Waals surface area (Å²) in [6, 6.07) is 8.33. The molecule has 0 saturated carbocycles. The Balaban J connectivity index is 0.00000243. The predicted molar refractivity (Wildman–Crippen MR) is 122 cm³/mol. The minimum absolute atomic E-state index is 0. The molecule has 1 unspecified atom stereocenters. The van der Waals surface area contributed by atoms with E-state index in [1.54, 1.807) is 6.20 Å². The average Bonchev–Trinajstić information content (AvgIpc) is 3.30. The van der Waals surface area contributed by atoms with Crippen LogP contribution >= 0.6 is 35.7 Å². The number of benzene rings is 1. The fourth-order valence-corrected chi connectivity index (χ4v) is 4.30. The molecule has 5 nitrogen and oxygen atoms in total. The van der Waals surface area contributed by atoms with Gasteiger partial charge in [0.05, 0.1) is 18.6 Å². The molecule has 2 N–H and O–H groups in total. The predicted octanol–water partition coefficient (Wildman–Crippen LogP) is 3.83. The lowest BCUT2D eigenvalue weighted by atomic mass is 10.1. The number of nitrogens with one attached hydrogen (secondary N) is 2. The summed E-state index contributed by atoms with van der Waals surface area (Å²) < 4.78 is 2.35. The number of halogens is 1. The van der Waals surface area contributed by atoms with Crippen LogP contribution in [0, 0.1) is 0 Å². The molecule has 2 aromatic rings. The molecule has 1 aliphatic heterocycles. The third kappa shape index (κ3) is 5.64. The topological polar surface area (TPSA) is 54.2 Å². The number of nitrogens with zero attached hydrogens (tertiary/aromatic N) is 3. The van der Waals surface area contributed by atoms with Crippen molar-refractivity contribution in [1.29, 1.82) is 0 Å². The van der Waals surface area contributed by atoms with E-state index in [4.69, 9.17) is 4.99 Å². The molecule has 1 atom stereocenters. The van der Waals surface area contributed by atoms with Crippen LogP contribution in [0.3, 0.4) is 0 Å². The lowest BCUT2D eigenvalue weighted by Crippen LogP contribution is -2.43. The number of imidazole rings is 1. The lowest BCUT2D eigenvalue weighted by molar-refractivity contribution is 0.584. The summed E-state index contributed by atoms with van der Waals surface area (Å²) in [6.07, 6.45) is 8.17. The van der Waals surface area contributed by atoms with Gasteiger partial charge in [0.2, 0.25) is 0 Å². The van der Waals surface area contributed by atoms with E-state index in [0.29, 0.717) is 11.3 Å². The Hall–Kier alpha value is -1.22. The molecule has 1 aromatic heterocycles. The first kappa shape index (κ1) is 21.1. The Kier molecular flexibility index (Phi) is 8.27. The van der Waals surface area contributed by atoms with Crippen LogP contribution in [0.5, 0.6) is 0 Å². The van der Waals surface area contributed by atoms with Crippen LogP contribution in [0.4, 0.5) is 0 Å². The molecule has 142 valence electrons. The number of aromatic nitrogens is 2. The molecular weight excluding hydrogens is 457 g/mol. The summed E-state index contributed by atoms with van der Waals surface area (Å²) in [5, 5.41) is 6.89. The zero-order chi connectivity index (χ0) is 17.5. The minimum Gasteiger partial charge on any atom is -0.357 e. The first-order valence-electron chi connectivity index (χ1n) is 8.92. The Morgan fingerprint density at radius 2 is 2.19 bits per heavy atom. The standard InChI is InChI=1S/C19H27N5S.HI/c1-3-21-18(23-14-19(2)9-6-12-25-19)22-13-16-7-4-5-8-17(16)24-11-10-20-15-24;/h4-5,7-8,10-11,15H,3,6,9,12-14H2,1-2H3,(H2,21,22,23);1H. The second-order valence-corrected chi connectivity index (χ2v) is 8.23. The van der Waals surface area contributed by atoms with Gasteiger partial charge in [-0.15, -0.1) is 24.0 Å². The molecule has 2 heterocycles. The molecule has 0 amide bonds. The van der Waals surface area contributed by atoms with Crippen molar-refractivity contribution in [3.05, 3.63) is 48.5 Å². The van der Waals surface area contributed by atoms with Gasteiger partial charge in [-0.1, -0.05) is 18.2 Å². The zero-order valence-corrected chi connectivity index (χ0v) is 18.6. The van der Waals surface area contributed by atoms with Gasteiger partial charge in [0.1, 0.15) is 0 Å². The molecule has 1 fully saturated rings. The molecular formula is C19H28IN5S. The van der Waals surface area contributed by atoms with Crippen LogP contribution in [0.1, 0.15) is 32.3 Å². The van der Waals surface area contributed by atoms with E-state index in [9.17, 15) is 0 Å². The van der Waals surface area contributed by atoms with E-state index in [2.05, 4.69) is 59.4 Å². The van der Waals surface area contributed by atoms with Crippen LogP contribution < -0.4 is 10.6 Å². The van der Waals surface area contributed by atoms with Crippen molar-refractivity contribution in [2.75, 3.05) is 18.8 Å². The van der Waals surface area contributed by atoms with E-state index in [0.717, 1.165) is 24.7 Å². The SMILES string of the molecule is CCNC(=NCc1ccccc1-n1ccnc1)NCC1(C)CCCS1.I. The number of hydrogen-bond acceptors (Lipinski definition) is 3. The largest absolute Gasteiger partial charge is 0.357 e. The van der Waals surface area contributed by atoms with Crippen molar-refractivity contribution in [3.8, 4) is 5.69 Å². The molecule has 3 rings (SSSR count). The Morgan fingerprint density at radius 3 is 2.88 bits per heavy atom. The first-order chi connectivity index (χ1) is 12.2. The highest BCUT2D eigenvalue weighted by Crippen LogP contribution is 2.36. The average molecular weight is 485 g/mol. The van der Waals surface area contributed by atoms with Crippen LogP contribution in [0.2, 0.25) is 0 Å². The Bertz CT molecular complexity index is 696. The highest BCUT2D eigenvalue weighted by Gasteiger charge is 2.29. The van der Waals surface area contributed by atoms with Gasteiger partial charge in [0.15, 0.2) is 5.96 Å². The van der Waals surface area contributed by atoms with Crippen LogP contribution in [0.15, 0.2) is 48.0 Å². The van der Waals surface area contributed by atoms with E-state index < -0.39 is 0 Å². The van der Waals surface area contributed by atoms with Crippen LogP contribution in [-0.4, -0.2) is 39.1 Å². The van der Waals surface area contributed by atoms with Crippen molar-refractivity contribution in [2.45, 2.75) is 38.0 Å². The Morgan fingerprint density at radius 1 is 1.35 bits per heavy atom. The lowest BCUT2D eigenvalue weighted by Gasteiger charge is -2.24. The third-order valence-electron chi connectivity index (χ3n) is 4.46. The summed E-state index contributed by atoms with van der Waals surface area (Å²) >= 11 is 2.06. The molecule has 0 radical (unpaired) electrons. The third-order valence-corrected chi connectivity index (χ3v) is 5.99. The monoisotopic (exact) mass is 485 g/mol. The van der Waals surface area contributed by atoms with Crippen molar-refractivity contribution in [1.82, 2.24) is 20.2 Å². The fourth-order valence-electron chi connectivity index (χ4n) is 3.05. The fraction of sp³-hybridized carbons (Fsp3) is 0.474. The van der Waals surface area contributed by atoms with Gasteiger partial charge in [0.25, 0.3) is 0 Å². The maximum absolute atomic E-state index is 4.80. The number of thioether (sulfide) groups is 1. The highest BCUT2D eigenvalue weighted by molar-refractivity contribution is 14.0. The second kappa shape index (κ2) is 10.2. The van der Waals surface area contributed by atoms with Crippen LogP contribution in [0.25, 0.3) is 5.69 Å². The van der Waals surface area contributed by atoms with Crippen molar-refractivity contribution >= 4 is 41.7 Å². The Labute approximate surface area is 177 Å². The summed E-state index contributed by atoms with van der Waals surface area (Å²) in [5.41, 5.74) is 2.30. The maximum Gasteiger partial charge on any atom is 0.191 e. The van der Waals surface area contributed by atoms with E-state index >= 15 is 0 Å². The molecule has 1 aromatic carbocycles. The van der Waals surface area contributed by atoms with E-state index in [1.807, 2.05) is 23.2 Å². The van der Waals surface area contributed by atoms with Crippen molar-refractivity contribution in [2.24, 2.45) is 4.99 Å². The first-order valence-corrected chi connectivity index (χ1v) is 9.91.